The van der Waals surface area contributed by atoms with E-state index in [1.54, 1.807) is 6.07 Å². The minimum atomic E-state index is -0.491. The third kappa shape index (κ3) is 3.74. The number of anilines is 2. The SMILES string of the molecule is CCCCC(N)C(=O)Nc1ccc2c(c1)NC(=O)CS2. The van der Waals surface area contributed by atoms with E-state index >= 15 is 0 Å². The lowest BCUT2D eigenvalue weighted by molar-refractivity contribution is -0.117. The smallest absolute Gasteiger partial charge is 0.241 e. The molecule has 2 rings (SSSR count). The van der Waals surface area contributed by atoms with Gasteiger partial charge < -0.3 is 16.4 Å². The van der Waals surface area contributed by atoms with Crippen LogP contribution in [0.25, 0.3) is 0 Å². The number of rotatable bonds is 5. The highest BCUT2D eigenvalue weighted by Crippen LogP contribution is 2.33. The second-order valence-electron chi connectivity index (χ2n) is 4.79. The Morgan fingerprint density at radius 3 is 3.10 bits per heavy atom. The minimum Gasteiger partial charge on any atom is -0.325 e. The molecule has 1 atom stereocenters. The van der Waals surface area contributed by atoms with Crippen LogP contribution in [0.5, 0.6) is 0 Å². The number of carbonyl (C=O) groups excluding carboxylic acids is 2. The Hall–Kier alpha value is -1.53. The van der Waals surface area contributed by atoms with Gasteiger partial charge in [-0.1, -0.05) is 19.8 Å². The fourth-order valence-electron chi connectivity index (χ4n) is 1.95. The molecule has 1 aromatic carbocycles. The summed E-state index contributed by atoms with van der Waals surface area (Å²) in [5.74, 6) is 0.222. The van der Waals surface area contributed by atoms with Gasteiger partial charge in [0, 0.05) is 10.6 Å². The van der Waals surface area contributed by atoms with E-state index in [4.69, 9.17) is 5.73 Å². The molecule has 0 saturated carbocycles. The van der Waals surface area contributed by atoms with Gasteiger partial charge in [-0.2, -0.15) is 0 Å². The summed E-state index contributed by atoms with van der Waals surface area (Å²) in [6, 6.07) is 5.00. The fourth-order valence-corrected chi connectivity index (χ4v) is 2.74. The van der Waals surface area contributed by atoms with Crippen molar-refractivity contribution in [3.8, 4) is 0 Å². The van der Waals surface area contributed by atoms with E-state index < -0.39 is 6.04 Å². The number of carbonyl (C=O) groups is 2. The molecule has 1 aliphatic heterocycles. The summed E-state index contributed by atoms with van der Waals surface area (Å²) in [4.78, 5) is 24.3. The lowest BCUT2D eigenvalue weighted by Crippen LogP contribution is -2.35. The van der Waals surface area contributed by atoms with Gasteiger partial charge in [0.15, 0.2) is 0 Å². The van der Waals surface area contributed by atoms with Gasteiger partial charge in [-0.3, -0.25) is 9.59 Å². The molecule has 0 spiro atoms. The molecule has 5 nitrogen and oxygen atoms in total. The van der Waals surface area contributed by atoms with Crippen molar-refractivity contribution < 1.29 is 9.59 Å². The highest BCUT2D eigenvalue weighted by Gasteiger charge is 2.17. The average molecular weight is 293 g/mol. The van der Waals surface area contributed by atoms with Crippen molar-refractivity contribution in [3.05, 3.63) is 18.2 Å². The lowest BCUT2D eigenvalue weighted by atomic mass is 10.1. The number of hydrogen-bond acceptors (Lipinski definition) is 4. The van der Waals surface area contributed by atoms with Gasteiger partial charge in [-0.15, -0.1) is 11.8 Å². The van der Waals surface area contributed by atoms with E-state index in [1.165, 1.54) is 11.8 Å². The second-order valence-corrected chi connectivity index (χ2v) is 5.80. The number of benzene rings is 1. The highest BCUT2D eigenvalue weighted by atomic mass is 32.2. The van der Waals surface area contributed by atoms with Gasteiger partial charge in [0.1, 0.15) is 0 Å². The quantitative estimate of drug-likeness (QED) is 0.777. The Morgan fingerprint density at radius 1 is 1.55 bits per heavy atom. The maximum atomic E-state index is 11.9. The van der Waals surface area contributed by atoms with Crippen LogP contribution in [0.3, 0.4) is 0 Å². The molecular weight excluding hydrogens is 274 g/mol. The van der Waals surface area contributed by atoms with Gasteiger partial charge in [-0.25, -0.2) is 0 Å². The topological polar surface area (TPSA) is 84.2 Å². The van der Waals surface area contributed by atoms with Crippen molar-refractivity contribution in [1.29, 1.82) is 0 Å². The summed E-state index contributed by atoms with van der Waals surface area (Å²) < 4.78 is 0. The zero-order valence-electron chi connectivity index (χ0n) is 11.4. The van der Waals surface area contributed by atoms with E-state index in [9.17, 15) is 9.59 Å². The Labute approximate surface area is 122 Å². The van der Waals surface area contributed by atoms with Crippen LogP contribution in [0.1, 0.15) is 26.2 Å². The molecule has 20 heavy (non-hydrogen) atoms. The Kier molecular flexibility index (Phi) is 5.03. The minimum absolute atomic E-state index is 0.0226. The second kappa shape index (κ2) is 6.76. The number of thioether (sulfide) groups is 1. The van der Waals surface area contributed by atoms with Gasteiger partial charge >= 0.3 is 0 Å². The van der Waals surface area contributed by atoms with Crippen molar-refractivity contribution in [3.63, 3.8) is 0 Å². The van der Waals surface area contributed by atoms with Gasteiger partial charge in [0.2, 0.25) is 11.8 Å². The van der Waals surface area contributed by atoms with Gasteiger partial charge in [0.25, 0.3) is 0 Å². The normalized spacial score (nSPS) is 15.2. The summed E-state index contributed by atoms with van der Waals surface area (Å²) >= 11 is 1.49. The van der Waals surface area contributed by atoms with E-state index in [2.05, 4.69) is 17.6 Å². The highest BCUT2D eigenvalue weighted by molar-refractivity contribution is 8.00. The Balaban J connectivity index is 2.01. The van der Waals surface area contributed by atoms with Crippen molar-refractivity contribution >= 4 is 35.0 Å². The van der Waals surface area contributed by atoms with Gasteiger partial charge in [-0.05, 0) is 24.6 Å². The van der Waals surface area contributed by atoms with Crippen molar-refractivity contribution in [2.45, 2.75) is 37.1 Å². The maximum Gasteiger partial charge on any atom is 0.241 e. The van der Waals surface area contributed by atoms with Crippen LogP contribution in [0, 0.1) is 0 Å². The summed E-state index contributed by atoms with van der Waals surface area (Å²) in [6.45, 7) is 2.06. The van der Waals surface area contributed by atoms with Crippen LogP contribution in [0.2, 0.25) is 0 Å². The number of fused-ring (bicyclic) bond motifs is 1. The Morgan fingerprint density at radius 2 is 2.35 bits per heavy atom. The molecule has 4 N–H and O–H groups in total. The van der Waals surface area contributed by atoms with Crippen molar-refractivity contribution in [2.24, 2.45) is 5.73 Å². The van der Waals surface area contributed by atoms with Crippen LogP contribution in [0.4, 0.5) is 11.4 Å². The Bertz CT molecular complexity index is 519. The van der Waals surface area contributed by atoms with E-state index in [0.29, 0.717) is 17.9 Å². The van der Waals surface area contributed by atoms with Crippen LogP contribution < -0.4 is 16.4 Å². The third-order valence-corrected chi connectivity index (χ3v) is 4.16. The molecule has 108 valence electrons. The average Bonchev–Trinajstić information content (AvgIpc) is 2.44. The number of hydrogen-bond donors (Lipinski definition) is 3. The number of amides is 2. The fraction of sp³-hybridized carbons (Fsp3) is 0.429. The monoisotopic (exact) mass is 293 g/mol. The first-order valence-electron chi connectivity index (χ1n) is 6.73. The van der Waals surface area contributed by atoms with Crippen LogP contribution in [0.15, 0.2) is 23.1 Å². The van der Waals surface area contributed by atoms with E-state index in [-0.39, 0.29) is 11.8 Å². The predicted molar refractivity (Wildman–Crippen MR) is 81.9 cm³/mol. The maximum absolute atomic E-state index is 11.9. The van der Waals surface area contributed by atoms with Crippen LogP contribution in [-0.4, -0.2) is 23.6 Å². The lowest BCUT2D eigenvalue weighted by Gasteiger charge is -2.18. The molecule has 1 heterocycles. The number of nitrogens with two attached hydrogens (primary N) is 1. The third-order valence-electron chi connectivity index (χ3n) is 3.09. The molecule has 6 heteroatoms. The molecule has 1 aromatic rings. The van der Waals surface area contributed by atoms with E-state index in [1.807, 2.05) is 12.1 Å². The molecule has 2 amide bonds. The first kappa shape index (κ1) is 14.9. The molecule has 0 aliphatic carbocycles. The number of unbranched alkanes of at least 4 members (excludes halogenated alkanes) is 1. The van der Waals surface area contributed by atoms with Crippen molar-refractivity contribution in [2.75, 3.05) is 16.4 Å². The zero-order valence-corrected chi connectivity index (χ0v) is 12.3. The molecule has 0 bridgehead atoms. The van der Waals surface area contributed by atoms with E-state index in [0.717, 1.165) is 23.4 Å². The standard InChI is InChI=1S/C14H19N3O2S/c1-2-3-4-10(15)14(19)16-9-5-6-12-11(7-9)17-13(18)8-20-12/h5-7,10H,2-4,8,15H2,1H3,(H,16,19)(H,17,18). The zero-order chi connectivity index (χ0) is 14.5. The molecule has 0 radical (unpaired) electrons. The first-order valence-corrected chi connectivity index (χ1v) is 7.72. The largest absolute Gasteiger partial charge is 0.325 e. The summed E-state index contributed by atoms with van der Waals surface area (Å²) in [6.07, 6.45) is 2.63. The molecular formula is C14H19N3O2S. The summed E-state index contributed by atoms with van der Waals surface area (Å²) in [5.41, 5.74) is 7.22. The first-order chi connectivity index (χ1) is 9.60. The summed E-state index contributed by atoms with van der Waals surface area (Å²) in [7, 11) is 0. The number of nitrogens with one attached hydrogen (secondary N) is 2. The van der Waals surface area contributed by atoms with Gasteiger partial charge in [0.05, 0.1) is 17.5 Å². The molecule has 0 saturated heterocycles. The van der Waals surface area contributed by atoms with Crippen LogP contribution in [-0.2, 0) is 9.59 Å². The molecule has 1 unspecified atom stereocenters. The summed E-state index contributed by atoms with van der Waals surface area (Å²) in [5, 5.41) is 5.59. The molecule has 1 aliphatic rings. The molecule has 0 fully saturated rings. The van der Waals surface area contributed by atoms with Crippen molar-refractivity contribution in [1.82, 2.24) is 0 Å². The van der Waals surface area contributed by atoms with Crippen LogP contribution >= 0.6 is 11.8 Å². The predicted octanol–water partition coefficient (Wildman–Crippen LogP) is 2.19. The molecule has 0 aromatic heterocycles.